The molecule has 0 saturated carbocycles. The van der Waals surface area contributed by atoms with Gasteiger partial charge in [-0.15, -0.1) is 0 Å². The highest BCUT2D eigenvalue weighted by Gasteiger charge is 2.28. The van der Waals surface area contributed by atoms with Gasteiger partial charge in [0.2, 0.25) is 10.0 Å². The number of aromatic carboxylic acids is 1. The highest BCUT2D eigenvalue weighted by molar-refractivity contribution is 7.89. The minimum atomic E-state index is -3.91. The zero-order valence-corrected chi connectivity index (χ0v) is 12.9. The number of nitrogen functional groups attached to an aromatic ring is 1. The second-order valence-corrected chi connectivity index (χ2v) is 6.16. The first-order chi connectivity index (χ1) is 9.84. The summed E-state index contributed by atoms with van der Waals surface area (Å²) >= 11 is 0. The van der Waals surface area contributed by atoms with Crippen molar-refractivity contribution in [3.63, 3.8) is 0 Å². The minimum absolute atomic E-state index is 0.163. The van der Waals surface area contributed by atoms with E-state index in [0.29, 0.717) is 6.61 Å². The Kier molecular flexibility index (Phi) is 6.13. The number of carbonyl (C=O) groups is 1. The molecule has 118 valence electrons. The maximum atomic E-state index is 12.6. The average Bonchev–Trinajstić information content (AvgIpc) is 2.43. The van der Waals surface area contributed by atoms with Gasteiger partial charge in [0.05, 0.1) is 17.1 Å². The molecular weight excluding hydrogens is 296 g/mol. The zero-order chi connectivity index (χ0) is 16.0. The summed E-state index contributed by atoms with van der Waals surface area (Å²) in [6.07, 6.45) is 0. The summed E-state index contributed by atoms with van der Waals surface area (Å²) in [5.41, 5.74) is 5.39. The number of carboxylic acids is 1. The van der Waals surface area contributed by atoms with Gasteiger partial charge in [0, 0.05) is 25.4 Å². The molecule has 0 heterocycles. The smallest absolute Gasteiger partial charge is 0.337 e. The van der Waals surface area contributed by atoms with E-state index in [2.05, 4.69) is 0 Å². The lowest BCUT2D eigenvalue weighted by molar-refractivity contribution is 0.0692. The lowest BCUT2D eigenvalue weighted by atomic mass is 10.2. The largest absolute Gasteiger partial charge is 0.478 e. The van der Waals surface area contributed by atoms with Crippen LogP contribution in [0.15, 0.2) is 23.1 Å². The van der Waals surface area contributed by atoms with E-state index in [0.717, 1.165) is 6.07 Å². The van der Waals surface area contributed by atoms with E-state index in [1.54, 1.807) is 6.92 Å². The van der Waals surface area contributed by atoms with Gasteiger partial charge in [0.1, 0.15) is 0 Å². The molecule has 0 saturated heterocycles. The molecule has 0 spiro atoms. The Hall–Kier alpha value is -1.64. The molecule has 0 amide bonds. The van der Waals surface area contributed by atoms with Crippen molar-refractivity contribution in [2.45, 2.75) is 18.7 Å². The second kappa shape index (κ2) is 7.39. The van der Waals surface area contributed by atoms with Crippen LogP contribution in [0.4, 0.5) is 5.69 Å². The fourth-order valence-electron chi connectivity index (χ4n) is 1.84. The van der Waals surface area contributed by atoms with Crippen LogP contribution < -0.4 is 5.73 Å². The van der Waals surface area contributed by atoms with Crippen molar-refractivity contribution in [2.24, 2.45) is 0 Å². The van der Waals surface area contributed by atoms with Gasteiger partial charge in [0.25, 0.3) is 0 Å². The number of sulfonamides is 1. The first-order valence-electron chi connectivity index (χ1n) is 6.55. The van der Waals surface area contributed by atoms with Gasteiger partial charge in [-0.05, 0) is 25.1 Å². The molecule has 0 fully saturated rings. The number of benzene rings is 1. The number of nitrogens with two attached hydrogens (primary N) is 1. The number of carboxylic acid groups (broad SMARTS) is 1. The molecule has 0 aromatic heterocycles. The van der Waals surface area contributed by atoms with Crippen molar-refractivity contribution >= 4 is 21.7 Å². The summed E-state index contributed by atoms with van der Waals surface area (Å²) in [4.78, 5) is 11.0. The van der Waals surface area contributed by atoms with Crippen LogP contribution in [0.25, 0.3) is 0 Å². The SMILES string of the molecule is CCOCCN(CC)S(=O)(=O)c1ccc(N)cc1C(=O)O. The van der Waals surface area contributed by atoms with Crippen LogP contribution in [0.1, 0.15) is 24.2 Å². The molecule has 3 N–H and O–H groups in total. The molecule has 0 aliphatic rings. The molecule has 0 atom stereocenters. The molecule has 0 radical (unpaired) electrons. The summed E-state index contributed by atoms with van der Waals surface area (Å²) in [5.74, 6) is -1.33. The van der Waals surface area contributed by atoms with E-state index in [9.17, 15) is 13.2 Å². The van der Waals surface area contributed by atoms with Crippen LogP contribution in [-0.2, 0) is 14.8 Å². The maximum absolute atomic E-state index is 12.6. The predicted molar refractivity (Wildman–Crippen MR) is 78.7 cm³/mol. The minimum Gasteiger partial charge on any atom is -0.478 e. The van der Waals surface area contributed by atoms with Crippen LogP contribution >= 0.6 is 0 Å². The second-order valence-electron chi connectivity index (χ2n) is 4.25. The molecule has 1 aromatic carbocycles. The predicted octanol–water partition coefficient (Wildman–Crippen LogP) is 1.01. The van der Waals surface area contributed by atoms with E-state index in [1.165, 1.54) is 16.4 Å². The lowest BCUT2D eigenvalue weighted by Gasteiger charge is -2.21. The van der Waals surface area contributed by atoms with Gasteiger partial charge in [-0.25, -0.2) is 13.2 Å². The third-order valence-electron chi connectivity index (χ3n) is 2.89. The standard InChI is InChI=1S/C13H20N2O5S/c1-3-15(7-8-20-4-2)21(18,19)12-6-5-10(14)9-11(12)13(16)17/h5-6,9H,3-4,7-8,14H2,1-2H3,(H,16,17). The Bertz CT molecular complexity index is 601. The Morgan fingerprint density at radius 2 is 2.05 bits per heavy atom. The van der Waals surface area contributed by atoms with Crippen molar-refractivity contribution in [3.8, 4) is 0 Å². The number of likely N-dealkylation sites (N-methyl/N-ethyl adjacent to an activating group) is 1. The molecule has 1 aromatic rings. The summed E-state index contributed by atoms with van der Waals surface area (Å²) in [7, 11) is -3.91. The fourth-order valence-corrected chi connectivity index (χ4v) is 3.43. The van der Waals surface area contributed by atoms with Crippen LogP contribution in [0.3, 0.4) is 0 Å². The van der Waals surface area contributed by atoms with E-state index in [4.69, 9.17) is 15.6 Å². The van der Waals surface area contributed by atoms with E-state index in [1.807, 2.05) is 6.92 Å². The van der Waals surface area contributed by atoms with Crippen molar-refractivity contribution in [1.29, 1.82) is 0 Å². The van der Waals surface area contributed by atoms with Crippen LogP contribution in [0.5, 0.6) is 0 Å². The van der Waals surface area contributed by atoms with Crippen molar-refractivity contribution in [2.75, 3.05) is 32.0 Å². The molecule has 0 bridgehead atoms. The van der Waals surface area contributed by atoms with Crippen LogP contribution in [0, 0.1) is 0 Å². The normalized spacial score (nSPS) is 11.8. The van der Waals surface area contributed by atoms with Crippen molar-refractivity contribution in [1.82, 2.24) is 4.31 Å². The number of nitrogens with zero attached hydrogens (tertiary/aromatic N) is 1. The van der Waals surface area contributed by atoms with Gasteiger partial charge < -0.3 is 15.6 Å². The molecule has 7 nitrogen and oxygen atoms in total. The molecule has 0 aliphatic carbocycles. The summed E-state index contributed by atoms with van der Waals surface area (Å²) in [5, 5.41) is 9.16. The number of hydrogen-bond donors (Lipinski definition) is 2. The maximum Gasteiger partial charge on any atom is 0.337 e. The van der Waals surface area contributed by atoms with Crippen LogP contribution in [0.2, 0.25) is 0 Å². The third kappa shape index (κ3) is 4.16. The Labute approximate surface area is 124 Å². The molecule has 1 rings (SSSR count). The van der Waals surface area contributed by atoms with E-state index in [-0.39, 0.29) is 35.8 Å². The number of anilines is 1. The number of rotatable bonds is 8. The van der Waals surface area contributed by atoms with Gasteiger partial charge in [-0.1, -0.05) is 6.92 Å². The number of ether oxygens (including phenoxy) is 1. The quantitative estimate of drug-likeness (QED) is 0.547. The summed E-state index contributed by atoms with van der Waals surface area (Å²) in [6.45, 7) is 4.62. The summed E-state index contributed by atoms with van der Waals surface area (Å²) in [6, 6.07) is 3.73. The Morgan fingerprint density at radius 1 is 1.38 bits per heavy atom. The Balaban J connectivity index is 3.19. The van der Waals surface area contributed by atoms with Gasteiger partial charge in [-0.3, -0.25) is 0 Å². The van der Waals surface area contributed by atoms with E-state index < -0.39 is 16.0 Å². The van der Waals surface area contributed by atoms with E-state index >= 15 is 0 Å². The van der Waals surface area contributed by atoms with Gasteiger partial charge >= 0.3 is 5.97 Å². The monoisotopic (exact) mass is 316 g/mol. The molecule has 0 aliphatic heterocycles. The molecule has 21 heavy (non-hydrogen) atoms. The van der Waals surface area contributed by atoms with Crippen molar-refractivity contribution in [3.05, 3.63) is 23.8 Å². The topological polar surface area (TPSA) is 110 Å². The first kappa shape index (κ1) is 17.4. The van der Waals surface area contributed by atoms with Crippen molar-refractivity contribution < 1.29 is 23.1 Å². The highest BCUT2D eigenvalue weighted by Crippen LogP contribution is 2.22. The summed E-state index contributed by atoms with van der Waals surface area (Å²) < 4.78 is 31.5. The lowest BCUT2D eigenvalue weighted by Crippen LogP contribution is -2.34. The van der Waals surface area contributed by atoms with Gasteiger partial charge in [-0.2, -0.15) is 4.31 Å². The third-order valence-corrected chi connectivity index (χ3v) is 4.93. The average molecular weight is 316 g/mol. The molecule has 8 heteroatoms. The van der Waals surface area contributed by atoms with Crippen LogP contribution in [-0.4, -0.2) is 50.1 Å². The zero-order valence-electron chi connectivity index (χ0n) is 12.1. The number of hydrogen-bond acceptors (Lipinski definition) is 5. The van der Waals surface area contributed by atoms with Gasteiger partial charge in [0.15, 0.2) is 0 Å². The molecular formula is C13H20N2O5S. The Morgan fingerprint density at radius 3 is 2.57 bits per heavy atom. The highest BCUT2D eigenvalue weighted by atomic mass is 32.2. The molecule has 0 unspecified atom stereocenters. The fraction of sp³-hybridized carbons (Fsp3) is 0.462. The first-order valence-corrected chi connectivity index (χ1v) is 7.99.